The van der Waals surface area contributed by atoms with Gasteiger partial charge in [0.15, 0.2) is 5.96 Å². The van der Waals surface area contributed by atoms with Crippen molar-refractivity contribution in [1.29, 1.82) is 0 Å². The fourth-order valence-electron chi connectivity index (χ4n) is 3.73. The van der Waals surface area contributed by atoms with Gasteiger partial charge in [0.25, 0.3) is 0 Å². The Morgan fingerprint density at radius 2 is 2.20 bits per heavy atom. The molecule has 1 aliphatic carbocycles. The quantitative estimate of drug-likeness (QED) is 0.661. The zero-order valence-corrected chi connectivity index (χ0v) is 12.6. The summed E-state index contributed by atoms with van der Waals surface area (Å²) in [5.41, 5.74) is 1.79. The first-order chi connectivity index (χ1) is 9.71. The van der Waals surface area contributed by atoms with Crippen LogP contribution in [0.25, 0.3) is 0 Å². The molecule has 0 atom stereocenters. The molecule has 5 nitrogen and oxygen atoms in total. The Bertz CT molecular complexity index is 484. The molecule has 1 saturated heterocycles. The van der Waals surface area contributed by atoms with Gasteiger partial charge in [0.05, 0.1) is 6.20 Å². The minimum absolute atomic E-state index is 0.589. The van der Waals surface area contributed by atoms with Crippen molar-refractivity contribution in [1.82, 2.24) is 20.0 Å². The van der Waals surface area contributed by atoms with Crippen LogP contribution in [0.4, 0.5) is 0 Å². The van der Waals surface area contributed by atoms with Crippen molar-refractivity contribution in [2.24, 2.45) is 17.5 Å². The van der Waals surface area contributed by atoms with E-state index in [9.17, 15) is 0 Å². The number of guanidine groups is 1. The smallest absolute Gasteiger partial charge is 0.193 e. The summed E-state index contributed by atoms with van der Waals surface area (Å²) in [5, 5.41) is 7.67. The molecule has 110 valence electrons. The number of likely N-dealkylation sites (tertiary alicyclic amines) is 1. The van der Waals surface area contributed by atoms with Crippen LogP contribution in [-0.4, -0.2) is 40.8 Å². The molecule has 0 bridgehead atoms. The molecule has 1 spiro atoms. The molecule has 2 fully saturated rings. The van der Waals surface area contributed by atoms with Gasteiger partial charge in [0.2, 0.25) is 0 Å². The monoisotopic (exact) mass is 275 g/mol. The Labute approximate surface area is 121 Å². The van der Waals surface area contributed by atoms with Crippen molar-refractivity contribution in [2.75, 3.05) is 20.1 Å². The second kappa shape index (κ2) is 5.46. The third-order valence-corrected chi connectivity index (χ3v) is 4.82. The van der Waals surface area contributed by atoms with Gasteiger partial charge >= 0.3 is 0 Å². The molecule has 2 aliphatic rings. The van der Waals surface area contributed by atoms with Crippen LogP contribution in [-0.2, 0) is 13.6 Å². The number of aliphatic imine (C=N–C) groups is 1. The van der Waals surface area contributed by atoms with E-state index < -0.39 is 0 Å². The van der Waals surface area contributed by atoms with E-state index in [1.54, 1.807) is 0 Å². The number of aromatic nitrogens is 2. The topological polar surface area (TPSA) is 45.5 Å². The number of hydrogen-bond donors (Lipinski definition) is 1. The highest BCUT2D eigenvalue weighted by Gasteiger charge is 2.40. The maximum absolute atomic E-state index is 4.45. The van der Waals surface area contributed by atoms with Crippen molar-refractivity contribution in [3.05, 3.63) is 18.0 Å². The molecular weight excluding hydrogens is 250 g/mol. The molecule has 1 aromatic rings. The first kappa shape index (κ1) is 13.5. The number of nitrogens with one attached hydrogen (secondary N) is 1. The first-order valence-corrected chi connectivity index (χ1v) is 7.64. The highest BCUT2D eigenvalue weighted by atomic mass is 15.3. The van der Waals surface area contributed by atoms with Crippen molar-refractivity contribution < 1.29 is 0 Å². The van der Waals surface area contributed by atoms with Crippen LogP contribution in [0.5, 0.6) is 0 Å². The first-order valence-electron chi connectivity index (χ1n) is 7.64. The lowest BCUT2D eigenvalue weighted by atomic mass is 9.86. The SMILES string of the molecule is CN=C(NCc1cnn(C)c1)N1CCC2(CCCC2)C1. The Balaban J connectivity index is 1.57. The molecule has 0 radical (unpaired) electrons. The minimum atomic E-state index is 0.589. The molecule has 1 saturated carbocycles. The zero-order valence-electron chi connectivity index (χ0n) is 12.6. The molecule has 0 amide bonds. The lowest BCUT2D eigenvalue weighted by molar-refractivity contribution is 0.309. The van der Waals surface area contributed by atoms with Crippen molar-refractivity contribution in [3.63, 3.8) is 0 Å². The van der Waals surface area contributed by atoms with E-state index in [2.05, 4.69) is 20.3 Å². The van der Waals surface area contributed by atoms with Crippen LogP contribution in [0.2, 0.25) is 0 Å². The van der Waals surface area contributed by atoms with Gasteiger partial charge in [-0.25, -0.2) is 0 Å². The van der Waals surface area contributed by atoms with E-state index in [1.165, 1.54) is 44.2 Å². The van der Waals surface area contributed by atoms with Crippen molar-refractivity contribution in [3.8, 4) is 0 Å². The summed E-state index contributed by atoms with van der Waals surface area (Å²) < 4.78 is 1.84. The third-order valence-electron chi connectivity index (χ3n) is 4.82. The second-order valence-corrected chi connectivity index (χ2v) is 6.30. The average Bonchev–Trinajstić information content (AvgIpc) is 3.15. The van der Waals surface area contributed by atoms with E-state index >= 15 is 0 Å². The molecule has 1 aromatic heterocycles. The van der Waals surface area contributed by atoms with Gasteiger partial charge in [-0.15, -0.1) is 0 Å². The Morgan fingerprint density at radius 1 is 1.40 bits per heavy atom. The van der Waals surface area contributed by atoms with Gasteiger partial charge in [0, 0.05) is 45.5 Å². The molecule has 20 heavy (non-hydrogen) atoms. The Kier molecular flexibility index (Phi) is 3.68. The lowest BCUT2D eigenvalue weighted by Gasteiger charge is -2.25. The number of nitrogens with zero attached hydrogens (tertiary/aromatic N) is 4. The normalized spacial score (nSPS) is 21.9. The fourth-order valence-corrected chi connectivity index (χ4v) is 3.73. The van der Waals surface area contributed by atoms with Gasteiger partial charge in [-0.2, -0.15) is 5.10 Å². The van der Waals surface area contributed by atoms with Gasteiger partial charge in [-0.05, 0) is 24.7 Å². The summed E-state index contributed by atoms with van der Waals surface area (Å²) in [7, 11) is 3.83. The Morgan fingerprint density at radius 3 is 2.85 bits per heavy atom. The summed E-state index contributed by atoms with van der Waals surface area (Å²) >= 11 is 0. The second-order valence-electron chi connectivity index (χ2n) is 6.30. The average molecular weight is 275 g/mol. The van der Waals surface area contributed by atoms with Crippen LogP contribution in [0.15, 0.2) is 17.4 Å². The van der Waals surface area contributed by atoms with Crippen molar-refractivity contribution in [2.45, 2.75) is 38.6 Å². The highest BCUT2D eigenvalue weighted by molar-refractivity contribution is 5.80. The predicted molar refractivity (Wildman–Crippen MR) is 80.5 cm³/mol. The van der Waals surface area contributed by atoms with Gasteiger partial charge in [0.1, 0.15) is 0 Å². The standard InChI is InChI=1S/C15H25N5/c1-16-14(17-9-13-10-18-19(2)11-13)20-8-7-15(12-20)5-3-4-6-15/h10-11H,3-9,12H2,1-2H3,(H,16,17). The summed E-state index contributed by atoms with van der Waals surface area (Å²) in [6.07, 6.45) is 10.9. The van der Waals surface area contributed by atoms with Gasteiger partial charge < -0.3 is 10.2 Å². The molecule has 1 aliphatic heterocycles. The molecule has 1 N–H and O–H groups in total. The molecule has 0 aromatic carbocycles. The summed E-state index contributed by atoms with van der Waals surface area (Å²) in [6, 6.07) is 0. The minimum Gasteiger partial charge on any atom is -0.352 e. The van der Waals surface area contributed by atoms with Gasteiger partial charge in [-0.3, -0.25) is 9.67 Å². The maximum atomic E-state index is 4.45. The van der Waals surface area contributed by atoms with Crippen molar-refractivity contribution >= 4 is 5.96 Å². The van der Waals surface area contributed by atoms with E-state index in [4.69, 9.17) is 0 Å². The molecule has 2 heterocycles. The summed E-state index contributed by atoms with van der Waals surface area (Å²) in [4.78, 5) is 6.88. The van der Waals surface area contributed by atoms with E-state index in [1.807, 2.05) is 31.2 Å². The van der Waals surface area contributed by atoms with Crippen LogP contribution < -0.4 is 5.32 Å². The van der Waals surface area contributed by atoms with E-state index in [0.29, 0.717) is 5.41 Å². The highest BCUT2D eigenvalue weighted by Crippen LogP contribution is 2.45. The zero-order chi connectivity index (χ0) is 14.0. The van der Waals surface area contributed by atoms with Crippen LogP contribution >= 0.6 is 0 Å². The van der Waals surface area contributed by atoms with Crippen LogP contribution in [0, 0.1) is 5.41 Å². The summed E-state index contributed by atoms with van der Waals surface area (Å²) in [5.74, 6) is 1.04. The fraction of sp³-hybridized carbons (Fsp3) is 0.733. The number of hydrogen-bond acceptors (Lipinski definition) is 2. The maximum Gasteiger partial charge on any atom is 0.193 e. The van der Waals surface area contributed by atoms with Gasteiger partial charge in [-0.1, -0.05) is 12.8 Å². The van der Waals surface area contributed by atoms with E-state index in [0.717, 1.165) is 19.0 Å². The largest absolute Gasteiger partial charge is 0.352 e. The van der Waals surface area contributed by atoms with E-state index in [-0.39, 0.29) is 0 Å². The summed E-state index contributed by atoms with van der Waals surface area (Å²) in [6.45, 7) is 3.12. The molecule has 3 rings (SSSR count). The van der Waals surface area contributed by atoms with Crippen LogP contribution in [0.1, 0.15) is 37.7 Å². The molecule has 0 unspecified atom stereocenters. The third kappa shape index (κ3) is 2.67. The van der Waals surface area contributed by atoms with Crippen LogP contribution in [0.3, 0.4) is 0 Å². The lowest BCUT2D eigenvalue weighted by Crippen LogP contribution is -2.40. The Hall–Kier alpha value is -1.52. The number of rotatable bonds is 2. The predicted octanol–water partition coefficient (Wildman–Crippen LogP) is 1.76. The molecule has 5 heteroatoms. The number of aryl methyl sites for hydroxylation is 1. The molecular formula is C15H25N5.